The molecule has 0 aliphatic rings. The highest BCUT2D eigenvalue weighted by Crippen LogP contribution is 2.28. The van der Waals surface area contributed by atoms with Gasteiger partial charge >= 0.3 is 0 Å². The Morgan fingerprint density at radius 1 is 1.43 bits per heavy atom. The number of aryl methyl sites for hydroxylation is 1. The predicted octanol–water partition coefficient (Wildman–Crippen LogP) is 3.39. The Morgan fingerprint density at radius 3 is 2.67 bits per heavy atom. The highest BCUT2D eigenvalue weighted by molar-refractivity contribution is 9.10. The highest BCUT2D eigenvalue weighted by atomic mass is 79.9. The van der Waals surface area contributed by atoms with Crippen molar-refractivity contribution in [3.05, 3.63) is 45.0 Å². The van der Waals surface area contributed by atoms with Crippen LogP contribution in [-0.4, -0.2) is 13.4 Å². The number of nitrogens with two attached hydrogens (primary N) is 1. The minimum Gasteiger partial charge on any atom is -0.389 e. The van der Waals surface area contributed by atoms with E-state index in [0.717, 1.165) is 17.4 Å². The molecule has 0 aliphatic carbocycles. The topological polar surface area (TPSA) is 72.2 Å². The molecule has 0 amide bonds. The van der Waals surface area contributed by atoms with Crippen LogP contribution in [0.3, 0.4) is 0 Å². The average Bonchev–Trinajstić information content (AvgIpc) is 2.86. The lowest BCUT2D eigenvalue weighted by molar-refractivity contribution is 0.603. The van der Waals surface area contributed by atoms with E-state index >= 15 is 0 Å². The molecule has 1 aromatic carbocycles. The molecule has 0 atom stereocenters. The molecule has 1 aromatic heterocycles. The largest absolute Gasteiger partial charge is 0.389 e. The van der Waals surface area contributed by atoms with Crippen molar-refractivity contribution >= 4 is 60.2 Å². The summed E-state index contributed by atoms with van der Waals surface area (Å²) in [6.07, 6.45) is 0. The van der Waals surface area contributed by atoms with Gasteiger partial charge in [-0.1, -0.05) is 12.2 Å². The van der Waals surface area contributed by atoms with E-state index in [9.17, 15) is 12.8 Å². The van der Waals surface area contributed by atoms with Gasteiger partial charge < -0.3 is 5.73 Å². The number of thiocarbonyl (C=S) groups is 1. The maximum Gasteiger partial charge on any atom is 0.271 e. The number of hydrogen-bond acceptors (Lipinski definition) is 4. The number of benzene rings is 1. The molecule has 9 heteroatoms. The van der Waals surface area contributed by atoms with Gasteiger partial charge in [-0.3, -0.25) is 4.72 Å². The molecule has 4 nitrogen and oxygen atoms in total. The summed E-state index contributed by atoms with van der Waals surface area (Å²) in [6.45, 7) is 1.68. The summed E-state index contributed by atoms with van der Waals surface area (Å²) in [5.41, 5.74) is 6.23. The van der Waals surface area contributed by atoms with E-state index in [1.165, 1.54) is 18.2 Å². The summed E-state index contributed by atoms with van der Waals surface area (Å²) in [7, 11) is -3.81. The second-order valence-electron chi connectivity index (χ2n) is 4.17. The highest BCUT2D eigenvalue weighted by Gasteiger charge is 2.19. The lowest BCUT2D eigenvalue weighted by Gasteiger charge is -2.10. The number of nitrogens with one attached hydrogen (secondary N) is 1. The van der Waals surface area contributed by atoms with Gasteiger partial charge in [0.2, 0.25) is 0 Å². The lowest BCUT2D eigenvalue weighted by Crippen LogP contribution is -2.13. The molecule has 2 rings (SSSR count). The van der Waals surface area contributed by atoms with Crippen LogP contribution in [0.25, 0.3) is 0 Å². The lowest BCUT2D eigenvalue weighted by atomic mass is 10.2. The van der Waals surface area contributed by atoms with Crippen LogP contribution in [0.4, 0.5) is 10.1 Å². The van der Waals surface area contributed by atoms with Gasteiger partial charge in [0.15, 0.2) is 0 Å². The van der Waals surface area contributed by atoms with Gasteiger partial charge in [-0.05, 0) is 52.7 Å². The van der Waals surface area contributed by atoms with Crippen molar-refractivity contribution in [1.29, 1.82) is 0 Å². The van der Waals surface area contributed by atoms with Crippen LogP contribution >= 0.6 is 39.5 Å². The fraction of sp³-hybridized carbons (Fsp3) is 0.0833. The third-order valence-corrected chi connectivity index (χ3v) is 6.53. The SMILES string of the molecule is Cc1cc(Br)c(F)cc1NS(=O)(=O)c1ccc(C(N)=S)s1. The third-order valence-electron chi connectivity index (χ3n) is 2.60. The first-order chi connectivity index (χ1) is 9.70. The number of sulfonamides is 1. The summed E-state index contributed by atoms with van der Waals surface area (Å²) >= 11 is 8.80. The number of halogens is 2. The van der Waals surface area contributed by atoms with E-state index in [1.807, 2.05) is 0 Å². The Kier molecular flexibility index (Phi) is 4.66. The Hall–Kier alpha value is -1.03. The molecule has 2 aromatic rings. The molecule has 0 saturated carbocycles. The van der Waals surface area contributed by atoms with Crippen LogP contribution < -0.4 is 10.5 Å². The van der Waals surface area contributed by atoms with Crippen molar-refractivity contribution in [3.8, 4) is 0 Å². The fourth-order valence-corrected chi connectivity index (χ4v) is 4.48. The Bertz CT molecular complexity index is 818. The van der Waals surface area contributed by atoms with E-state index in [4.69, 9.17) is 18.0 Å². The van der Waals surface area contributed by atoms with Crippen LogP contribution in [0.2, 0.25) is 0 Å². The molecule has 0 radical (unpaired) electrons. The minimum atomic E-state index is -3.81. The van der Waals surface area contributed by atoms with Gasteiger partial charge in [-0.15, -0.1) is 11.3 Å². The summed E-state index contributed by atoms with van der Waals surface area (Å²) in [4.78, 5) is 0.636. The van der Waals surface area contributed by atoms with Gasteiger partial charge in [-0.2, -0.15) is 0 Å². The van der Waals surface area contributed by atoms with Crippen molar-refractivity contribution in [2.24, 2.45) is 5.73 Å². The molecule has 0 spiro atoms. The average molecular weight is 409 g/mol. The predicted molar refractivity (Wildman–Crippen MR) is 89.9 cm³/mol. The molecule has 0 fully saturated rings. The Morgan fingerprint density at radius 2 is 2.10 bits per heavy atom. The fourth-order valence-electron chi connectivity index (χ4n) is 1.55. The summed E-state index contributed by atoms with van der Waals surface area (Å²) in [5, 5.41) is 0. The first-order valence-electron chi connectivity index (χ1n) is 5.59. The van der Waals surface area contributed by atoms with Crippen LogP contribution in [-0.2, 0) is 10.0 Å². The van der Waals surface area contributed by atoms with E-state index in [2.05, 4.69) is 20.7 Å². The quantitative estimate of drug-likeness (QED) is 0.760. The second kappa shape index (κ2) is 5.99. The minimum absolute atomic E-state index is 0.0630. The zero-order valence-electron chi connectivity index (χ0n) is 10.7. The first-order valence-corrected chi connectivity index (χ1v) is 9.09. The molecule has 0 bridgehead atoms. The van der Waals surface area contributed by atoms with Crippen molar-refractivity contribution in [2.45, 2.75) is 11.1 Å². The molecule has 0 aliphatic heterocycles. The molecule has 112 valence electrons. The molecule has 1 heterocycles. The maximum atomic E-state index is 13.5. The van der Waals surface area contributed by atoms with Crippen molar-refractivity contribution < 1.29 is 12.8 Å². The van der Waals surface area contributed by atoms with Crippen LogP contribution in [0.5, 0.6) is 0 Å². The van der Waals surface area contributed by atoms with E-state index in [-0.39, 0.29) is 19.4 Å². The molecule has 0 unspecified atom stereocenters. The van der Waals surface area contributed by atoms with Crippen molar-refractivity contribution in [2.75, 3.05) is 4.72 Å². The van der Waals surface area contributed by atoms with Gasteiger partial charge in [0, 0.05) is 0 Å². The van der Waals surface area contributed by atoms with Gasteiger partial charge in [0.1, 0.15) is 15.0 Å². The molecule has 3 N–H and O–H groups in total. The monoisotopic (exact) mass is 408 g/mol. The van der Waals surface area contributed by atoms with Gasteiger partial charge in [0.05, 0.1) is 15.0 Å². The second-order valence-corrected chi connectivity index (χ2v) is 8.46. The van der Waals surface area contributed by atoms with Crippen molar-refractivity contribution in [3.63, 3.8) is 0 Å². The maximum absolute atomic E-state index is 13.5. The standard InChI is InChI=1S/C12H10BrFN2O2S3/c1-6-4-7(13)8(14)5-9(6)16-21(17,18)11-3-2-10(20-11)12(15)19/h2-5,16H,1H3,(H2,15,19). The number of hydrogen-bond donors (Lipinski definition) is 2. The molecular formula is C12H10BrFN2O2S3. The van der Waals surface area contributed by atoms with E-state index in [1.54, 1.807) is 6.92 Å². The van der Waals surface area contributed by atoms with Crippen LogP contribution in [0.15, 0.2) is 32.9 Å². The zero-order valence-corrected chi connectivity index (χ0v) is 14.7. The molecular weight excluding hydrogens is 399 g/mol. The Labute approximate surface area is 139 Å². The summed E-state index contributed by atoms with van der Waals surface area (Å²) in [5.74, 6) is -0.548. The molecule has 21 heavy (non-hydrogen) atoms. The molecule has 0 saturated heterocycles. The van der Waals surface area contributed by atoms with Gasteiger partial charge in [-0.25, -0.2) is 12.8 Å². The summed E-state index contributed by atoms with van der Waals surface area (Å²) < 4.78 is 40.8. The van der Waals surface area contributed by atoms with Crippen LogP contribution in [0, 0.1) is 12.7 Å². The number of anilines is 1. The van der Waals surface area contributed by atoms with E-state index in [0.29, 0.717) is 10.4 Å². The van der Waals surface area contributed by atoms with E-state index < -0.39 is 15.8 Å². The summed E-state index contributed by atoms with van der Waals surface area (Å²) in [6, 6.07) is 5.57. The Balaban J connectivity index is 2.37. The third kappa shape index (κ3) is 3.60. The van der Waals surface area contributed by atoms with Crippen LogP contribution in [0.1, 0.15) is 10.4 Å². The number of thiophene rings is 1. The number of rotatable bonds is 4. The zero-order chi connectivity index (χ0) is 15.8. The van der Waals surface area contributed by atoms with Crippen molar-refractivity contribution in [1.82, 2.24) is 0 Å². The first kappa shape index (κ1) is 16.3. The smallest absolute Gasteiger partial charge is 0.271 e. The normalized spacial score (nSPS) is 11.4. The van der Waals surface area contributed by atoms with Gasteiger partial charge in [0.25, 0.3) is 10.0 Å².